The number of aromatic carboxylic acids is 1. The smallest absolute Gasteiger partial charge is 0.339 e. The minimum Gasteiger partial charge on any atom is -0.496 e. The number of ether oxygens (including phenoxy) is 1. The van der Waals surface area contributed by atoms with Gasteiger partial charge in [-0.1, -0.05) is 22.0 Å². The first kappa shape index (κ1) is 14.3. The Bertz CT molecular complexity index is 668. The largest absolute Gasteiger partial charge is 0.496 e. The third-order valence-corrected chi connectivity index (χ3v) is 3.12. The third-order valence-electron chi connectivity index (χ3n) is 2.62. The summed E-state index contributed by atoms with van der Waals surface area (Å²) in [6, 6.07) is 12.4. The molecule has 0 aliphatic rings. The lowest BCUT2D eigenvalue weighted by molar-refractivity contribution is 0.0693. The zero-order chi connectivity index (χ0) is 14.5. The summed E-state index contributed by atoms with van der Waals surface area (Å²) in [6.45, 7) is 0. The molecule has 0 aliphatic heterocycles. The summed E-state index contributed by atoms with van der Waals surface area (Å²) in [4.78, 5) is 15.4. The van der Waals surface area contributed by atoms with Gasteiger partial charge in [0.05, 0.1) is 12.8 Å². The fraction of sp³-hybridized carbons (Fsp3) is 0.0667. The minimum absolute atomic E-state index is 0.116. The normalized spacial score (nSPS) is 10.7. The number of carbonyl (C=O) groups is 1. The Morgan fingerprint density at radius 3 is 2.75 bits per heavy atom. The van der Waals surface area contributed by atoms with E-state index >= 15 is 0 Å². The molecule has 1 N–H and O–H groups in total. The van der Waals surface area contributed by atoms with E-state index in [9.17, 15) is 4.79 Å². The lowest BCUT2D eigenvalue weighted by Gasteiger charge is -2.05. The van der Waals surface area contributed by atoms with Crippen molar-refractivity contribution in [1.82, 2.24) is 0 Å². The molecule has 0 amide bonds. The second-order valence-electron chi connectivity index (χ2n) is 4.00. The molecule has 2 rings (SSSR count). The van der Waals surface area contributed by atoms with E-state index in [1.807, 2.05) is 24.3 Å². The van der Waals surface area contributed by atoms with E-state index in [-0.39, 0.29) is 5.56 Å². The molecular weight excluding hydrogens is 322 g/mol. The van der Waals surface area contributed by atoms with E-state index in [1.165, 1.54) is 13.2 Å². The zero-order valence-corrected chi connectivity index (χ0v) is 12.3. The molecule has 2 aromatic rings. The second-order valence-corrected chi connectivity index (χ2v) is 4.92. The molecule has 0 unspecified atom stereocenters. The van der Waals surface area contributed by atoms with Gasteiger partial charge in [-0.05, 0) is 42.0 Å². The van der Waals surface area contributed by atoms with Crippen molar-refractivity contribution in [2.24, 2.45) is 4.99 Å². The number of nitrogens with zero attached hydrogens (tertiary/aromatic N) is 1. The summed E-state index contributed by atoms with van der Waals surface area (Å²) in [7, 11) is 1.44. The molecule has 0 aromatic heterocycles. The van der Waals surface area contributed by atoms with Gasteiger partial charge in [0.25, 0.3) is 0 Å². The first-order chi connectivity index (χ1) is 9.60. The molecule has 20 heavy (non-hydrogen) atoms. The summed E-state index contributed by atoms with van der Waals surface area (Å²) in [5.41, 5.74) is 1.60. The van der Waals surface area contributed by atoms with E-state index in [2.05, 4.69) is 20.9 Å². The Balaban J connectivity index is 2.30. The van der Waals surface area contributed by atoms with Gasteiger partial charge in [-0.15, -0.1) is 0 Å². The van der Waals surface area contributed by atoms with Crippen molar-refractivity contribution in [3.8, 4) is 5.75 Å². The number of carboxylic acid groups (broad SMARTS) is 1. The van der Waals surface area contributed by atoms with Crippen LogP contribution in [-0.4, -0.2) is 24.4 Å². The number of carboxylic acids is 1. The van der Waals surface area contributed by atoms with Crippen molar-refractivity contribution < 1.29 is 14.6 Å². The van der Waals surface area contributed by atoms with Gasteiger partial charge in [-0.25, -0.2) is 4.79 Å². The Morgan fingerprint density at radius 1 is 1.30 bits per heavy atom. The van der Waals surface area contributed by atoms with E-state index in [4.69, 9.17) is 9.84 Å². The van der Waals surface area contributed by atoms with Gasteiger partial charge in [0.2, 0.25) is 0 Å². The summed E-state index contributed by atoms with van der Waals surface area (Å²) in [5, 5.41) is 9.11. The highest BCUT2D eigenvalue weighted by atomic mass is 79.9. The Morgan fingerprint density at radius 2 is 2.10 bits per heavy atom. The molecule has 0 aliphatic carbocycles. The second kappa shape index (κ2) is 6.34. The molecule has 4 nitrogen and oxygen atoms in total. The fourth-order valence-electron chi connectivity index (χ4n) is 1.68. The first-order valence-corrected chi connectivity index (χ1v) is 6.60. The maximum atomic E-state index is 11.1. The fourth-order valence-corrected chi connectivity index (χ4v) is 2.07. The molecule has 0 bridgehead atoms. The zero-order valence-electron chi connectivity index (χ0n) is 10.7. The van der Waals surface area contributed by atoms with Crippen LogP contribution < -0.4 is 4.74 Å². The molecule has 2 aromatic carbocycles. The molecule has 102 valence electrons. The Kier molecular flexibility index (Phi) is 4.53. The predicted molar refractivity (Wildman–Crippen MR) is 81.3 cm³/mol. The van der Waals surface area contributed by atoms with Crippen LogP contribution in [0.1, 0.15) is 15.9 Å². The average molecular weight is 334 g/mol. The van der Waals surface area contributed by atoms with Crippen LogP contribution in [0.3, 0.4) is 0 Å². The van der Waals surface area contributed by atoms with Gasteiger partial charge < -0.3 is 9.84 Å². The van der Waals surface area contributed by atoms with E-state index in [1.54, 1.807) is 18.3 Å². The summed E-state index contributed by atoms with van der Waals surface area (Å²) >= 11 is 3.37. The lowest BCUT2D eigenvalue weighted by Crippen LogP contribution is -2.01. The van der Waals surface area contributed by atoms with Gasteiger partial charge >= 0.3 is 5.97 Å². The molecule has 0 atom stereocenters. The number of benzene rings is 2. The van der Waals surface area contributed by atoms with Gasteiger partial charge in [-0.2, -0.15) is 0 Å². The number of hydrogen-bond donors (Lipinski definition) is 1. The molecule has 0 spiro atoms. The third kappa shape index (κ3) is 3.45. The molecule has 0 fully saturated rings. The number of halogens is 1. The highest BCUT2D eigenvalue weighted by molar-refractivity contribution is 9.10. The SMILES string of the molecule is COc1ccc(C=Nc2cccc(Br)c2)cc1C(=O)O. The van der Waals surface area contributed by atoms with Crippen molar-refractivity contribution in [2.45, 2.75) is 0 Å². The Hall–Kier alpha value is -2.14. The monoisotopic (exact) mass is 333 g/mol. The highest BCUT2D eigenvalue weighted by Gasteiger charge is 2.10. The minimum atomic E-state index is -1.03. The summed E-state index contributed by atoms with van der Waals surface area (Å²) in [6.07, 6.45) is 1.62. The van der Waals surface area contributed by atoms with Crippen LogP contribution in [0.15, 0.2) is 51.9 Å². The summed E-state index contributed by atoms with van der Waals surface area (Å²) < 4.78 is 5.95. The van der Waals surface area contributed by atoms with Crippen LogP contribution >= 0.6 is 15.9 Å². The maximum absolute atomic E-state index is 11.1. The van der Waals surface area contributed by atoms with Crippen molar-refractivity contribution in [3.63, 3.8) is 0 Å². The number of aliphatic imine (C=N–C) groups is 1. The number of hydrogen-bond acceptors (Lipinski definition) is 3. The molecular formula is C15H12BrNO3. The van der Waals surface area contributed by atoms with E-state index in [0.717, 1.165) is 10.2 Å². The van der Waals surface area contributed by atoms with Crippen LogP contribution in [0.2, 0.25) is 0 Å². The van der Waals surface area contributed by atoms with Crippen LogP contribution in [0.5, 0.6) is 5.75 Å². The maximum Gasteiger partial charge on any atom is 0.339 e. The van der Waals surface area contributed by atoms with Crippen molar-refractivity contribution in [1.29, 1.82) is 0 Å². The summed E-state index contributed by atoms with van der Waals surface area (Å²) in [5.74, 6) is -0.698. The highest BCUT2D eigenvalue weighted by Crippen LogP contribution is 2.21. The molecule has 0 radical (unpaired) electrons. The van der Waals surface area contributed by atoms with E-state index in [0.29, 0.717) is 11.3 Å². The van der Waals surface area contributed by atoms with Gasteiger partial charge in [0, 0.05) is 10.7 Å². The molecule has 0 saturated carbocycles. The molecule has 5 heteroatoms. The quantitative estimate of drug-likeness (QED) is 0.863. The van der Waals surface area contributed by atoms with Crippen LogP contribution in [0, 0.1) is 0 Å². The molecule has 0 saturated heterocycles. The lowest BCUT2D eigenvalue weighted by atomic mass is 10.1. The standard InChI is InChI=1S/C15H12BrNO3/c1-20-14-6-5-10(7-13(14)15(18)19)9-17-12-4-2-3-11(16)8-12/h2-9H,1H3,(H,18,19). The number of rotatable bonds is 4. The number of methoxy groups -OCH3 is 1. The molecule has 0 heterocycles. The Labute approximate surface area is 124 Å². The van der Waals surface area contributed by atoms with Gasteiger partial charge in [0.1, 0.15) is 11.3 Å². The van der Waals surface area contributed by atoms with Crippen molar-refractivity contribution >= 4 is 33.8 Å². The van der Waals surface area contributed by atoms with Crippen molar-refractivity contribution in [2.75, 3.05) is 7.11 Å². The predicted octanol–water partition coefficient (Wildman–Crippen LogP) is 3.91. The van der Waals surface area contributed by atoms with Gasteiger partial charge in [-0.3, -0.25) is 4.99 Å². The van der Waals surface area contributed by atoms with Crippen LogP contribution in [-0.2, 0) is 0 Å². The van der Waals surface area contributed by atoms with Crippen LogP contribution in [0.4, 0.5) is 5.69 Å². The van der Waals surface area contributed by atoms with E-state index < -0.39 is 5.97 Å². The van der Waals surface area contributed by atoms with Crippen molar-refractivity contribution in [3.05, 3.63) is 58.1 Å². The van der Waals surface area contributed by atoms with Gasteiger partial charge in [0.15, 0.2) is 0 Å². The van der Waals surface area contributed by atoms with Crippen LogP contribution in [0.25, 0.3) is 0 Å². The average Bonchev–Trinajstić information content (AvgIpc) is 2.45. The topological polar surface area (TPSA) is 58.9 Å². The first-order valence-electron chi connectivity index (χ1n) is 5.81.